The number of benzene rings is 2. The van der Waals surface area contributed by atoms with Crippen molar-refractivity contribution >= 4 is 67.5 Å². The summed E-state index contributed by atoms with van der Waals surface area (Å²) in [5, 5.41) is 11.6. The molecule has 0 amide bonds. The first kappa shape index (κ1) is 21.9. The Balaban J connectivity index is 1.21. The number of thiocarbonyl (C=S) groups is 1. The second kappa shape index (κ2) is 9.51. The summed E-state index contributed by atoms with van der Waals surface area (Å²) in [5.41, 5.74) is 3.83. The van der Waals surface area contributed by atoms with Crippen molar-refractivity contribution in [2.45, 2.75) is 32.2 Å². The normalized spacial score (nSPS) is 12.9. The van der Waals surface area contributed by atoms with Gasteiger partial charge in [-0.05, 0) is 92.0 Å². The number of rotatable bonds is 5. The first-order chi connectivity index (χ1) is 16.0. The Morgan fingerprint density at radius 1 is 1.00 bits per heavy atom. The second-order valence-corrected chi connectivity index (χ2v) is 9.85. The predicted octanol–water partition coefficient (Wildman–Crippen LogP) is 5.94. The Morgan fingerprint density at radius 2 is 1.64 bits per heavy atom. The van der Waals surface area contributed by atoms with Gasteiger partial charge in [-0.3, -0.25) is 4.79 Å². The van der Waals surface area contributed by atoms with Crippen LogP contribution in [-0.2, 0) is 19.4 Å². The molecule has 168 valence electrons. The van der Waals surface area contributed by atoms with E-state index in [1.807, 2.05) is 36.4 Å². The maximum Gasteiger partial charge on any atom is 0.259 e. The Hall–Kier alpha value is -2.94. The van der Waals surface area contributed by atoms with E-state index in [-0.39, 0.29) is 5.56 Å². The van der Waals surface area contributed by atoms with E-state index in [0.29, 0.717) is 22.5 Å². The molecule has 0 unspecified atom stereocenters. The monoisotopic (exact) mass is 495 g/mol. The molecule has 4 aromatic rings. The molecule has 2 aromatic heterocycles. The molecule has 9 heteroatoms. The summed E-state index contributed by atoms with van der Waals surface area (Å²) in [7, 11) is 0. The number of nitrogens with zero attached hydrogens (tertiary/aromatic N) is 1. The number of aromatic amines is 1. The standard InChI is InChI=1S/C24H22ClN5OS2/c25-14-5-7-16(8-6-14)27-24(32)28-17-11-9-15(10-12-17)26-13-20-29-22(31)21-18-3-1-2-4-19(18)33-23(21)30-20/h5-12,26H,1-4,13H2,(H2,27,28,32)(H,29,30,31). The Morgan fingerprint density at radius 3 is 2.36 bits per heavy atom. The van der Waals surface area contributed by atoms with Gasteiger partial charge in [-0.15, -0.1) is 11.3 Å². The summed E-state index contributed by atoms with van der Waals surface area (Å²) in [6, 6.07) is 15.1. The highest BCUT2D eigenvalue weighted by Crippen LogP contribution is 2.33. The topological polar surface area (TPSA) is 81.8 Å². The van der Waals surface area contributed by atoms with E-state index in [9.17, 15) is 4.79 Å². The molecule has 2 aromatic carbocycles. The summed E-state index contributed by atoms with van der Waals surface area (Å²) in [6.07, 6.45) is 4.38. The van der Waals surface area contributed by atoms with Crippen molar-refractivity contribution in [1.82, 2.24) is 9.97 Å². The molecule has 1 aliphatic carbocycles. The first-order valence-electron chi connectivity index (χ1n) is 10.8. The van der Waals surface area contributed by atoms with Crippen LogP contribution in [0.25, 0.3) is 10.2 Å². The van der Waals surface area contributed by atoms with Crippen LogP contribution < -0.4 is 21.5 Å². The summed E-state index contributed by atoms with van der Waals surface area (Å²) in [6.45, 7) is 0.442. The third-order valence-electron chi connectivity index (χ3n) is 5.58. The SMILES string of the molecule is O=c1[nH]c(CNc2ccc(NC(=S)Nc3ccc(Cl)cc3)cc2)nc2sc3c(c12)CCCC3. The van der Waals surface area contributed by atoms with E-state index in [4.69, 9.17) is 28.8 Å². The Bertz CT molecular complexity index is 1360. The number of aromatic nitrogens is 2. The number of anilines is 3. The molecule has 0 bridgehead atoms. The molecule has 33 heavy (non-hydrogen) atoms. The Labute approximate surface area is 205 Å². The molecule has 5 rings (SSSR count). The first-order valence-corrected chi connectivity index (χ1v) is 12.4. The maximum absolute atomic E-state index is 12.7. The summed E-state index contributed by atoms with van der Waals surface area (Å²) >= 11 is 12.9. The molecule has 0 atom stereocenters. The number of nitrogens with one attached hydrogen (secondary N) is 4. The molecular formula is C24H22ClN5OS2. The average Bonchev–Trinajstić information content (AvgIpc) is 3.19. The van der Waals surface area contributed by atoms with Gasteiger partial charge in [-0.1, -0.05) is 11.6 Å². The van der Waals surface area contributed by atoms with Crippen LogP contribution in [0.3, 0.4) is 0 Å². The number of halogens is 1. The van der Waals surface area contributed by atoms with E-state index >= 15 is 0 Å². The average molecular weight is 496 g/mol. The van der Waals surface area contributed by atoms with Crippen LogP contribution in [0.4, 0.5) is 17.1 Å². The maximum atomic E-state index is 12.7. The molecule has 0 radical (unpaired) electrons. The minimum atomic E-state index is -0.0301. The fourth-order valence-electron chi connectivity index (χ4n) is 3.98. The molecule has 0 spiro atoms. The van der Waals surface area contributed by atoms with Crippen LogP contribution in [-0.4, -0.2) is 15.1 Å². The van der Waals surface area contributed by atoms with E-state index in [0.717, 1.165) is 46.5 Å². The molecule has 1 aliphatic rings. The molecule has 0 aliphatic heterocycles. The van der Waals surface area contributed by atoms with Gasteiger partial charge < -0.3 is 20.9 Å². The lowest BCUT2D eigenvalue weighted by Crippen LogP contribution is -2.19. The Kier molecular flexibility index (Phi) is 6.30. The zero-order valence-electron chi connectivity index (χ0n) is 17.7. The third-order valence-corrected chi connectivity index (χ3v) is 7.22. The summed E-state index contributed by atoms with van der Waals surface area (Å²) < 4.78 is 0. The largest absolute Gasteiger partial charge is 0.378 e. The fourth-order valence-corrected chi connectivity index (χ4v) is 5.62. The minimum absolute atomic E-state index is 0.0301. The van der Waals surface area contributed by atoms with Crippen LogP contribution in [0.5, 0.6) is 0 Å². The molecule has 4 N–H and O–H groups in total. The van der Waals surface area contributed by atoms with Gasteiger partial charge in [0, 0.05) is 27.0 Å². The lowest BCUT2D eigenvalue weighted by Gasteiger charge is -2.12. The quantitative estimate of drug-likeness (QED) is 0.257. The van der Waals surface area contributed by atoms with Gasteiger partial charge in [-0.2, -0.15) is 0 Å². The van der Waals surface area contributed by atoms with Crippen LogP contribution in [0.1, 0.15) is 29.1 Å². The molecule has 0 saturated heterocycles. The van der Waals surface area contributed by atoms with Crippen molar-refractivity contribution in [1.29, 1.82) is 0 Å². The third kappa shape index (κ3) is 5.03. The zero-order chi connectivity index (χ0) is 22.8. The lowest BCUT2D eigenvalue weighted by molar-refractivity contribution is 0.700. The van der Waals surface area contributed by atoms with Crippen LogP contribution in [0.15, 0.2) is 53.3 Å². The summed E-state index contributed by atoms with van der Waals surface area (Å²) in [5.74, 6) is 0.640. The number of hydrogen-bond donors (Lipinski definition) is 4. The highest BCUT2D eigenvalue weighted by molar-refractivity contribution is 7.80. The smallest absolute Gasteiger partial charge is 0.259 e. The van der Waals surface area contributed by atoms with Crippen molar-refractivity contribution in [3.05, 3.63) is 80.2 Å². The van der Waals surface area contributed by atoms with Crippen LogP contribution >= 0.6 is 35.2 Å². The molecule has 2 heterocycles. The van der Waals surface area contributed by atoms with Gasteiger partial charge >= 0.3 is 0 Å². The van der Waals surface area contributed by atoms with Gasteiger partial charge in [0.1, 0.15) is 10.7 Å². The predicted molar refractivity (Wildman–Crippen MR) is 142 cm³/mol. The van der Waals surface area contributed by atoms with E-state index in [1.54, 1.807) is 23.5 Å². The second-order valence-electron chi connectivity index (χ2n) is 7.92. The van der Waals surface area contributed by atoms with E-state index in [2.05, 4.69) is 20.9 Å². The summed E-state index contributed by atoms with van der Waals surface area (Å²) in [4.78, 5) is 22.5. The molecule has 0 fully saturated rings. The lowest BCUT2D eigenvalue weighted by atomic mass is 9.97. The van der Waals surface area contributed by atoms with E-state index in [1.165, 1.54) is 16.9 Å². The number of fused-ring (bicyclic) bond motifs is 3. The number of hydrogen-bond acceptors (Lipinski definition) is 5. The van der Waals surface area contributed by atoms with Gasteiger partial charge in [0.15, 0.2) is 5.11 Å². The van der Waals surface area contributed by atoms with Crippen molar-refractivity contribution < 1.29 is 0 Å². The number of aryl methyl sites for hydroxylation is 2. The van der Waals surface area contributed by atoms with E-state index < -0.39 is 0 Å². The molecular weight excluding hydrogens is 474 g/mol. The van der Waals surface area contributed by atoms with Gasteiger partial charge in [-0.25, -0.2) is 4.98 Å². The zero-order valence-corrected chi connectivity index (χ0v) is 20.1. The van der Waals surface area contributed by atoms with Crippen molar-refractivity contribution in [2.75, 3.05) is 16.0 Å². The molecule has 0 saturated carbocycles. The van der Waals surface area contributed by atoms with Crippen LogP contribution in [0.2, 0.25) is 5.02 Å². The van der Waals surface area contributed by atoms with Gasteiger partial charge in [0.25, 0.3) is 5.56 Å². The number of H-pyrrole nitrogens is 1. The molecule has 6 nitrogen and oxygen atoms in total. The fraction of sp³-hybridized carbons (Fsp3) is 0.208. The number of thiophene rings is 1. The van der Waals surface area contributed by atoms with Crippen molar-refractivity contribution in [2.24, 2.45) is 0 Å². The minimum Gasteiger partial charge on any atom is -0.378 e. The van der Waals surface area contributed by atoms with Gasteiger partial charge in [0.05, 0.1) is 11.9 Å². The van der Waals surface area contributed by atoms with Crippen molar-refractivity contribution in [3.8, 4) is 0 Å². The van der Waals surface area contributed by atoms with Crippen molar-refractivity contribution in [3.63, 3.8) is 0 Å². The highest BCUT2D eigenvalue weighted by Gasteiger charge is 2.19. The van der Waals surface area contributed by atoms with Gasteiger partial charge in [0.2, 0.25) is 0 Å². The highest BCUT2D eigenvalue weighted by atomic mass is 35.5. The van der Waals surface area contributed by atoms with Crippen LogP contribution in [0, 0.1) is 0 Å².